The molecule has 1 heterocycles. The number of hydrogen-bond donors (Lipinski definition) is 1. The van der Waals surface area contributed by atoms with E-state index >= 15 is 0 Å². The van der Waals surface area contributed by atoms with Crippen molar-refractivity contribution in [3.63, 3.8) is 0 Å². The maximum absolute atomic E-state index is 13.3. The number of nitrogens with one attached hydrogen (secondary N) is 1. The van der Waals surface area contributed by atoms with Gasteiger partial charge in [0, 0.05) is 9.26 Å². The zero-order chi connectivity index (χ0) is 26.5. The average Bonchev–Trinajstić information content (AvgIpc) is 3.11. The normalized spacial score (nSPS) is 14.3. The Morgan fingerprint density at radius 3 is 2.62 bits per heavy atom. The van der Waals surface area contributed by atoms with Gasteiger partial charge in [-0.25, -0.2) is 4.39 Å². The number of methoxy groups -OCH3 is 1. The van der Waals surface area contributed by atoms with E-state index in [0.29, 0.717) is 28.1 Å². The molecule has 0 unspecified atom stereocenters. The molecule has 11 heteroatoms. The monoisotopic (exact) mass is 696 g/mol. The average molecular weight is 697 g/mol. The minimum atomic E-state index is -0.617. The standard InChI is InChI=1S/C26H19BrFIN2O5S/c1-35-21-10-16(9-20(27)24(21)36-14-15-5-7-18(29)8-6-15)11-22-25(33)31(26(34)37-22)13-23(32)30-19-4-2-3-17(28)12-19/h2-12H,13-14H2,1H3,(H,30,32)/b22-11+. The number of thioether (sulfide) groups is 1. The number of imide groups is 1. The lowest BCUT2D eigenvalue weighted by Gasteiger charge is -2.14. The highest BCUT2D eigenvalue weighted by Gasteiger charge is 2.36. The van der Waals surface area contributed by atoms with Gasteiger partial charge in [-0.15, -0.1) is 0 Å². The highest BCUT2D eigenvalue weighted by molar-refractivity contribution is 14.1. The van der Waals surface area contributed by atoms with Crippen LogP contribution in [-0.4, -0.2) is 35.6 Å². The van der Waals surface area contributed by atoms with Crippen molar-refractivity contribution < 1.29 is 28.2 Å². The van der Waals surface area contributed by atoms with Gasteiger partial charge >= 0.3 is 0 Å². The van der Waals surface area contributed by atoms with Crippen LogP contribution in [0.2, 0.25) is 0 Å². The van der Waals surface area contributed by atoms with Crippen molar-refractivity contribution >= 4 is 79.1 Å². The molecule has 3 amide bonds. The number of amides is 3. The van der Waals surface area contributed by atoms with E-state index in [1.54, 1.807) is 18.2 Å². The molecule has 1 N–H and O–H groups in total. The number of carbonyl (C=O) groups is 3. The Morgan fingerprint density at radius 2 is 1.92 bits per heavy atom. The first-order valence-electron chi connectivity index (χ1n) is 10.8. The van der Waals surface area contributed by atoms with Crippen LogP contribution in [0.15, 0.2) is 70.0 Å². The van der Waals surface area contributed by atoms with Crippen molar-refractivity contribution in [3.8, 4) is 11.5 Å². The van der Waals surface area contributed by atoms with Crippen LogP contribution in [0.3, 0.4) is 0 Å². The van der Waals surface area contributed by atoms with Crippen LogP contribution in [0.4, 0.5) is 14.9 Å². The summed E-state index contributed by atoms with van der Waals surface area (Å²) in [5, 5.41) is 1.90. The predicted molar refractivity (Wildman–Crippen MR) is 152 cm³/mol. The van der Waals surface area contributed by atoms with Gasteiger partial charge in [0.25, 0.3) is 11.1 Å². The summed E-state index contributed by atoms with van der Waals surface area (Å²) in [6, 6.07) is 16.7. The first kappa shape index (κ1) is 27.1. The van der Waals surface area contributed by atoms with E-state index in [4.69, 9.17) is 9.47 Å². The molecule has 3 aromatic rings. The minimum Gasteiger partial charge on any atom is -0.493 e. The first-order valence-corrected chi connectivity index (χ1v) is 13.5. The van der Waals surface area contributed by atoms with Gasteiger partial charge in [-0.3, -0.25) is 19.3 Å². The van der Waals surface area contributed by atoms with Crippen molar-refractivity contribution in [2.24, 2.45) is 0 Å². The number of anilines is 1. The SMILES string of the molecule is COc1cc(/C=C2/SC(=O)N(CC(=O)Nc3cccc(F)c3)C2=O)cc(Br)c1OCc1ccc(I)cc1. The zero-order valence-electron chi connectivity index (χ0n) is 19.3. The van der Waals surface area contributed by atoms with Crippen LogP contribution in [0.25, 0.3) is 6.08 Å². The van der Waals surface area contributed by atoms with Gasteiger partial charge in [-0.1, -0.05) is 18.2 Å². The Labute approximate surface area is 238 Å². The van der Waals surface area contributed by atoms with Crippen LogP contribution in [-0.2, 0) is 16.2 Å². The third-order valence-electron chi connectivity index (χ3n) is 5.13. The first-order chi connectivity index (χ1) is 17.7. The van der Waals surface area contributed by atoms with Gasteiger partial charge < -0.3 is 14.8 Å². The number of hydrogen-bond acceptors (Lipinski definition) is 6. The van der Waals surface area contributed by atoms with E-state index in [-0.39, 0.29) is 10.6 Å². The second kappa shape index (κ2) is 12.1. The third-order valence-corrected chi connectivity index (χ3v) is 7.35. The molecule has 0 saturated carbocycles. The quantitative estimate of drug-likeness (QED) is 0.215. The molecule has 0 bridgehead atoms. The van der Waals surface area contributed by atoms with Crippen LogP contribution in [0.1, 0.15) is 11.1 Å². The Morgan fingerprint density at radius 1 is 1.16 bits per heavy atom. The number of rotatable bonds is 8. The third kappa shape index (κ3) is 6.90. The van der Waals surface area contributed by atoms with Gasteiger partial charge in [0.1, 0.15) is 19.0 Å². The number of benzene rings is 3. The lowest BCUT2D eigenvalue weighted by molar-refractivity contribution is -0.127. The summed E-state index contributed by atoms with van der Waals surface area (Å²) in [7, 11) is 1.51. The van der Waals surface area contributed by atoms with Gasteiger partial charge in [0.2, 0.25) is 5.91 Å². The Bertz CT molecular complexity index is 1400. The summed E-state index contributed by atoms with van der Waals surface area (Å²) in [4.78, 5) is 38.6. The Kier molecular flexibility index (Phi) is 8.87. The fraction of sp³-hybridized carbons (Fsp3) is 0.115. The van der Waals surface area contributed by atoms with Gasteiger partial charge in [-0.05, 0) is 110 Å². The van der Waals surface area contributed by atoms with Crippen LogP contribution in [0.5, 0.6) is 11.5 Å². The molecular formula is C26H19BrFIN2O5S. The molecular weight excluding hydrogens is 678 g/mol. The number of halogens is 3. The van der Waals surface area contributed by atoms with Gasteiger partial charge in [-0.2, -0.15) is 0 Å². The van der Waals surface area contributed by atoms with Crippen molar-refractivity contribution in [3.05, 3.63) is 90.6 Å². The molecule has 0 aliphatic carbocycles. The van der Waals surface area contributed by atoms with Crippen molar-refractivity contribution in [1.29, 1.82) is 0 Å². The lowest BCUT2D eigenvalue weighted by atomic mass is 10.1. The van der Waals surface area contributed by atoms with E-state index in [0.717, 1.165) is 31.9 Å². The number of nitrogens with zero attached hydrogens (tertiary/aromatic N) is 1. The summed E-state index contributed by atoms with van der Waals surface area (Å²) in [5.41, 5.74) is 1.82. The molecule has 0 aromatic heterocycles. The number of carbonyl (C=O) groups excluding carboxylic acids is 3. The summed E-state index contributed by atoms with van der Waals surface area (Å²) >= 11 is 6.46. The summed E-state index contributed by atoms with van der Waals surface area (Å²) in [6.07, 6.45) is 1.55. The Balaban J connectivity index is 1.46. The molecule has 1 aliphatic rings. The van der Waals surface area contributed by atoms with E-state index in [1.807, 2.05) is 24.3 Å². The Hall–Kier alpha value is -2.90. The predicted octanol–water partition coefficient (Wildman–Crippen LogP) is 6.46. The minimum absolute atomic E-state index is 0.157. The molecule has 37 heavy (non-hydrogen) atoms. The van der Waals surface area contributed by atoms with Crippen molar-refractivity contribution in [2.75, 3.05) is 19.0 Å². The van der Waals surface area contributed by atoms with Crippen LogP contribution < -0.4 is 14.8 Å². The zero-order valence-corrected chi connectivity index (χ0v) is 23.9. The molecule has 190 valence electrons. The molecule has 7 nitrogen and oxygen atoms in total. The van der Waals surface area contributed by atoms with E-state index in [9.17, 15) is 18.8 Å². The molecule has 1 saturated heterocycles. The van der Waals surface area contributed by atoms with Crippen molar-refractivity contribution in [1.82, 2.24) is 4.90 Å². The highest BCUT2D eigenvalue weighted by atomic mass is 127. The van der Waals surface area contributed by atoms with E-state index in [2.05, 4.69) is 43.8 Å². The molecule has 0 radical (unpaired) electrons. The maximum Gasteiger partial charge on any atom is 0.294 e. The van der Waals surface area contributed by atoms with Gasteiger partial charge in [0.05, 0.1) is 16.5 Å². The number of ether oxygens (including phenoxy) is 2. The molecule has 1 fully saturated rings. The molecule has 0 atom stereocenters. The van der Waals surface area contributed by atoms with E-state index in [1.165, 1.54) is 25.3 Å². The fourth-order valence-corrected chi connectivity index (χ4v) is 5.17. The second-order valence-electron chi connectivity index (χ2n) is 7.78. The fourth-order valence-electron chi connectivity index (χ4n) is 3.40. The van der Waals surface area contributed by atoms with Crippen LogP contribution in [0, 0.1) is 9.39 Å². The lowest BCUT2D eigenvalue weighted by Crippen LogP contribution is -2.36. The molecule has 0 spiro atoms. The largest absolute Gasteiger partial charge is 0.493 e. The second-order valence-corrected chi connectivity index (χ2v) is 10.9. The smallest absolute Gasteiger partial charge is 0.294 e. The molecule has 1 aliphatic heterocycles. The van der Waals surface area contributed by atoms with E-state index < -0.39 is 29.4 Å². The topological polar surface area (TPSA) is 84.9 Å². The highest BCUT2D eigenvalue weighted by Crippen LogP contribution is 2.39. The summed E-state index contributed by atoms with van der Waals surface area (Å²) in [5.74, 6) is -0.786. The molecule has 3 aromatic carbocycles. The summed E-state index contributed by atoms with van der Waals surface area (Å²) in [6.45, 7) is -0.154. The van der Waals surface area contributed by atoms with Gasteiger partial charge in [0.15, 0.2) is 11.5 Å². The van der Waals surface area contributed by atoms with Crippen molar-refractivity contribution in [2.45, 2.75) is 6.61 Å². The summed E-state index contributed by atoms with van der Waals surface area (Å²) < 4.78 is 26.5. The maximum atomic E-state index is 13.3. The van der Waals surface area contributed by atoms with Crippen LogP contribution >= 0.6 is 50.3 Å². The molecule has 4 rings (SSSR count).